The first-order valence-electron chi connectivity index (χ1n) is 5.33. The molecule has 0 unspecified atom stereocenters. The highest BCUT2D eigenvalue weighted by atomic mass is 16.4. The summed E-state index contributed by atoms with van der Waals surface area (Å²) >= 11 is 0. The molecule has 0 aliphatic heterocycles. The average Bonchev–Trinajstić information content (AvgIpc) is 2.34. The van der Waals surface area contributed by atoms with E-state index in [1.54, 1.807) is 6.08 Å². The molecule has 1 N–H and O–H groups in total. The van der Waals surface area contributed by atoms with Crippen LogP contribution in [0.5, 0.6) is 0 Å². The molecule has 0 radical (unpaired) electrons. The Labute approximate surface area is 99.5 Å². The van der Waals surface area contributed by atoms with Crippen molar-refractivity contribution >= 4 is 22.8 Å². The molecular formula is C15H12O2. The van der Waals surface area contributed by atoms with Crippen molar-refractivity contribution in [3.05, 3.63) is 66.3 Å². The highest BCUT2D eigenvalue weighted by Crippen LogP contribution is 2.19. The predicted molar refractivity (Wildman–Crippen MR) is 69.8 cm³/mol. The summed E-state index contributed by atoms with van der Waals surface area (Å²) in [5, 5.41) is 10.8. The van der Waals surface area contributed by atoms with E-state index in [-0.39, 0.29) is 0 Å². The van der Waals surface area contributed by atoms with Crippen molar-refractivity contribution in [2.24, 2.45) is 0 Å². The molecule has 0 amide bonds. The van der Waals surface area contributed by atoms with Crippen LogP contribution >= 0.6 is 0 Å². The van der Waals surface area contributed by atoms with Crippen molar-refractivity contribution < 1.29 is 9.90 Å². The van der Waals surface area contributed by atoms with E-state index in [0.717, 1.165) is 17.0 Å². The second kappa shape index (κ2) is 5.12. The molecule has 2 rings (SSSR count). The van der Waals surface area contributed by atoms with Crippen molar-refractivity contribution in [2.75, 3.05) is 0 Å². The summed E-state index contributed by atoms with van der Waals surface area (Å²) in [6, 6.07) is 14.2. The molecule has 0 saturated heterocycles. The van der Waals surface area contributed by atoms with E-state index in [1.807, 2.05) is 30.3 Å². The van der Waals surface area contributed by atoms with Crippen LogP contribution in [0.25, 0.3) is 16.8 Å². The summed E-state index contributed by atoms with van der Waals surface area (Å²) in [5.41, 5.74) is 1.08. The van der Waals surface area contributed by atoms with Crippen LogP contribution < -0.4 is 0 Å². The molecule has 2 aromatic rings. The van der Waals surface area contributed by atoms with E-state index in [0.29, 0.717) is 0 Å². The van der Waals surface area contributed by atoms with Crippen LogP contribution in [0.4, 0.5) is 0 Å². The standard InChI is InChI=1S/C15H12O2/c16-15(17)11-4-2-7-13-9-5-8-12-6-1-3-10-14(12)13/h1-11H,(H,16,17). The molecule has 0 bridgehead atoms. The number of carboxylic acid groups (broad SMARTS) is 1. The smallest absolute Gasteiger partial charge is 0.328 e. The molecule has 2 heteroatoms. The highest BCUT2D eigenvalue weighted by Gasteiger charge is 1.95. The summed E-state index contributed by atoms with van der Waals surface area (Å²) < 4.78 is 0. The Kier molecular flexibility index (Phi) is 3.36. The summed E-state index contributed by atoms with van der Waals surface area (Å²) in [4.78, 5) is 10.3. The van der Waals surface area contributed by atoms with Gasteiger partial charge in [-0.05, 0) is 16.3 Å². The lowest BCUT2D eigenvalue weighted by molar-refractivity contribution is -0.131. The molecule has 84 valence electrons. The first kappa shape index (κ1) is 11.1. The average molecular weight is 224 g/mol. The molecule has 17 heavy (non-hydrogen) atoms. The number of hydrogen-bond donors (Lipinski definition) is 1. The summed E-state index contributed by atoms with van der Waals surface area (Å²) in [5.74, 6) is -0.937. The Morgan fingerprint density at radius 2 is 1.76 bits per heavy atom. The zero-order valence-electron chi connectivity index (χ0n) is 9.21. The number of rotatable bonds is 3. The third-order valence-corrected chi connectivity index (χ3v) is 2.45. The lowest BCUT2D eigenvalue weighted by atomic mass is 10.0. The van der Waals surface area contributed by atoms with E-state index in [2.05, 4.69) is 18.2 Å². The van der Waals surface area contributed by atoms with Crippen molar-refractivity contribution in [3.8, 4) is 0 Å². The molecule has 0 spiro atoms. The second-order valence-electron chi connectivity index (χ2n) is 3.62. The number of aliphatic carboxylic acids is 1. The Morgan fingerprint density at radius 3 is 2.59 bits per heavy atom. The van der Waals surface area contributed by atoms with E-state index in [9.17, 15) is 4.79 Å². The first-order valence-corrected chi connectivity index (χ1v) is 5.33. The van der Waals surface area contributed by atoms with E-state index in [1.165, 1.54) is 11.5 Å². The lowest BCUT2D eigenvalue weighted by Crippen LogP contribution is -1.84. The Bertz CT molecular complexity index is 589. The molecular weight excluding hydrogens is 212 g/mol. The fourth-order valence-corrected chi connectivity index (χ4v) is 1.69. The molecule has 0 aliphatic carbocycles. The molecule has 0 fully saturated rings. The first-order chi connectivity index (χ1) is 8.27. The van der Waals surface area contributed by atoms with Gasteiger partial charge in [0.2, 0.25) is 0 Å². The van der Waals surface area contributed by atoms with Crippen molar-refractivity contribution in [1.82, 2.24) is 0 Å². The van der Waals surface area contributed by atoms with Crippen molar-refractivity contribution in [3.63, 3.8) is 0 Å². The minimum atomic E-state index is -0.937. The maximum atomic E-state index is 10.3. The van der Waals surface area contributed by atoms with Gasteiger partial charge < -0.3 is 5.11 Å². The Balaban J connectivity index is 2.33. The minimum absolute atomic E-state index is 0.937. The van der Waals surface area contributed by atoms with Crippen LogP contribution in [-0.4, -0.2) is 11.1 Å². The monoisotopic (exact) mass is 224 g/mol. The van der Waals surface area contributed by atoms with Gasteiger partial charge in [0.25, 0.3) is 0 Å². The van der Waals surface area contributed by atoms with Gasteiger partial charge in [0.15, 0.2) is 0 Å². The topological polar surface area (TPSA) is 37.3 Å². The van der Waals surface area contributed by atoms with Crippen LogP contribution in [0.15, 0.2) is 60.7 Å². The fourth-order valence-electron chi connectivity index (χ4n) is 1.69. The Morgan fingerprint density at radius 1 is 1.00 bits per heavy atom. The van der Waals surface area contributed by atoms with Crippen LogP contribution in [0, 0.1) is 0 Å². The van der Waals surface area contributed by atoms with Gasteiger partial charge in [0.05, 0.1) is 0 Å². The summed E-state index contributed by atoms with van der Waals surface area (Å²) in [6.07, 6.45) is 6.27. The van der Waals surface area contributed by atoms with Crippen LogP contribution in [0.3, 0.4) is 0 Å². The number of carbonyl (C=O) groups is 1. The largest absolute Gasteiger partial charge is 0.478 e. The molecule has 0 atom stereocenters. The molecule has 0 heterocycles. The van der Waals surface area contributed by atoms with Crippen LogP contribution in [-0.2, 0) is 4.79 Å². The van der Waals surface area contributed by atoms with Crippen molar-refractivity contribution in [2.45, 2.75) is 0 Å². The number of carboxylic acids is 1. The normalized spacial score (nSPS) is 11.5. The highest BCUT2D eigenvalue weighted by molar-refractivity contribution is 5.90. The zero-order chi connectivity index (χ0) is 12.1. The molecule has 0 aromatic heterocycles. The lowest BCUT2D eigenvalue weighted by Gasteiger charge is -2.00. The summed E-state index contributed by atoms with van der Waals surface area (Å²) in [7, 11) is 0. The third kappa shape index (κ3) is 2.82. The maximum absolute atomic E-state index is 10.3. The molecule has 2 aromatic carbocycles. The van der Waals surface area contributed by atoms with E-state index >= 15 is 0 Å². The van der Waals surface area contributed by atoms with E-state index in [4.69, 9.17) is 5.11 Å². The van der Waals surface area contributed by atoms with Gasteiger partial charge in [-0.25, -0.2) is 4.79 Å². The fraction of sp³-hybridized carbons (Fsp3) is 0. The van der Waals surface area contributed by atoms with Gasteiger partial charge in [0.1, 0.15) is 0 Å². The SMILES string of the molecule is O=C(O)C=CC=Cc1cccc2ccccc12. The quantitative estimate of drug-likeness (QED) is 0.640. The van der Waals surface area contributed by atoms with E-state index < -0.39 is 5.97 Å². The van der Waals surface area contributed by atoms with Gasteiger partial charge in [0, 0.05) is 6.08 Å². The van der Waals surface area contributed by atoms with Crippen LogP contribution in [0.2, 0.25) is 0 Å². The third-order valence-electron chi connectivity index (χ3n) is 2.45. The van der Waals surface area contributed by atoms with Gasteiger partial charge in [-0.3, -0.25) is 0 Å². The zero-order valence-corrected chi connectivity index (χ0v) is 9.21. The van der Waals surface area contributed by atoms with Gasteiger partial charge >= 0.3 is 5.97 Å². The number of hydrogen-bond acceptors (Lipinski definition) is 1. The second-order valence-corrected chi connectivity index (χ2v) is 3.62. The van der Waals surface area contributed by atoms with Crippen molar-refractivity contribution in [1.29, 1.82) is 0 Å². The number of fused-ring (bicyclic) bond motifs is 1. The number of benzene rings is 2. The minimum Gasteiger partial charge on any atom is -0.478 e. The maximum Gasteiger partial charge on any atom is 0.328 e. The van der Waals surface area contributed by atoms with Crippen LogP contribution in [0.1, 0.15) is 5.56 Å². The van der Waals surface area contributed by atoms with Gasteiger partial charge in [-0.1, -0.05) is 60.7 Å². The Hall–Kier alpha value is -2.35. The predicted octanol–water partition coefficient (Wildman–Crippen LogP) is 3.49. The van der Waals surface area contributed by atoms with Gasteiger partial charge in [-0.15, -0.1) is 0 Å². The van der Waals surface area contributed by atoms with Gasteiger partial charge in [-0.2, -0.15) is 0 Å². The molecule has 2 nitrogen and oxygen atoms in total. The number of allylic oxidation sites excluding steroid dienone is 2. The summed E-state index contributed by atoms with van der Waals surface area (Å²) in [6.45, 7) is 0. The molecule has 0 aliphatic rings. The molecule has 0 saturated carbocycles.